The summed E-state index contributed by atoms with van der Waals surface area (Å²) >= 11 is 0. The van der Waals surface area contributed by atoms with E-state index in [1.54, 1.807) is 19.2 Å². The highest BCUT2D eigenvalue weighted by atomic mass is 16.6. The van der Waals surface area contributed by atoms with Crippen molar-refractivity contribution < 1.29 is 4.92 Å². The zero-order chi connectivity index (χ0) is 10.6. The Morgan fingerprint density at radius 1 is 1.64 bits per heavy atom. The Labute approximate surface area is 82.4 Å². The normalized spacial score (nSPS) is 9.50. The molecule has 1 aromatic rings. The van der Waals surface area contributed by atoms with Crippen LogP contribution in [0.1, 0.15) is 5.56 Å². The van der Waals surface area contributed by atoms with Crippen molar-refractivity contribution in [2.24, 2.45) is 0 Å². The van der Waals surface area contributed by atoms with E-state index in [1.165, 1.54) is 6.07 Å². The van der Waals surface area contributed by atoms with Gasteiger partial charge in [0.1, 0.15) is 0 Å². The second kappa shape index (κ2) is 4.41. The summed E-state index contributed by atoms with van der Waals surface area (Å²) in [6.07, 6.45) is 2.17. The fourth-order valence-corrected chi connectivity index (χ4v) is 1.22. The smallest absolute Gasteiger partial charge is 0.274 e. The molecule has 1 rings (SSSR count). The topological polar surface area (TPSA) is 55.2 Å². The van der Waals surface area contributed by atoms with Crippen LogP contribution in [0.5, 0.6) is 0 Å². The van der Waals surface area contributed by atoms with Crippen LogP contribution in [0.3, 0.4) is 0 Å². The Kier molecular flexibility index (Phi) is 3.23. The molecule has 74 valence electrons. The van der Waals surface area contributed by atoms with Crippen LogP contribution in [0, 0.1) is 10.1 Å². The van der Waals surface area contributed by atoms with Crippen molar-refractivity contribution in [1.82, 2.24) is 0 Å². The molecule has 0 aliphatic carbocycles. The molecular weight excluding hydrogens is 180 g/mol. The minimum atomic E-state index is -0.375. The molecule has 0 heterocycles. The molecule has 0 amide bonds. The van der Waals surface area contributed by atoms with Gasteiger partial charge in [-0.15, -0.1) is 6.58 Å². The molecule has 4 nitrogen and oxygen atoms in total. The first kappa shape index (κ1) is 10.2. The molecular formula is C10H12N2O2. The van der Waals surface area contributed by atoms with E-state index in [9.17, 15) is 10.1 Å². The number of anilines is 1. The number of nitro groups is 1. The molecule has 4 heteroatoms. The molecule has 0 saturated heterocycles. The van der Waals surface area contributed by atoms with Crippen molar-refractivity contribution in [1.29, 1.82) is 0 Å². The Balaban J connectivity index is 3.16. The third kappa shape index (κ3) is 2.10. The summed E-state index contributed by atoms with van der Waals surface area (Å²) in [6, 6.07) is 5.08. The highest BCUT2D eigenvalue weighted by Gasteiger charge is 2.12. The number of nitro benzene ring substituents is 1. The van der Waals surface area contributed by atoms with Gasteiger partial charge in [-0.05, 0) is 18.6 Å². The van der Waals surface area contributed by atoms with E-state index in [0.29, 0.717) is 12.0 Å². The van der Waals surface area contributed by atoms with Crippen molar-refractivity contribution in [3.8, 4) is 0 Å². The van der Waals surface area contributed by atoms with Gasteiger partial charge in [0.05, 0.1) is 4.92 Å². The highest BCUT2D eigenvalue weighted by molar-refractivity contribution is 5.55. The SMILES string of the molecule is C=CCc1ccc(NC)cc1[N+](=O)[O-]. The van der Waals surface area contributed by atoms with Crippen LogP contribution in [-0.4, -0.2) is 12.0 Å². The molecule has 0 radical (unpaired) electrons. The third-order valence-electron chi connectivity index (χ3n) is 1.93. The molecule has 1 aromatic carbocycles. The summed E-state index contributed by atoms with van der Waals surface area (Å²) in [5.41, 5.74) is 1.56. The first-order chi connectivity index (χ1) is 6.69. The molecule has 0 saturated carbocycles. The van der Waals surface area contributed by atoms with E-state index >= 15 is 0 Å². The number of nitrogens with zero attached hydrogens (tertiary/aromatic N) is 1. The van der Waals surface area contributed by atoms with E-state index in [4.69, 9.17) is 0 Å². The van der Waals surface area contributed by atoms with Gasteiger partial charge in [0.15, 0.2) is 0 Å². The van der Waals surface area contributed by atoms with Crippen molar-refractivity contribution in [3.05, 3.63) is 46.5 Å². The predicted molar refractivity (Wildman–Crippen MR) is 56.5 cm³/mol. The van der Waals surface area contributed by atoms with E-state index in [1.807, 2.05) is 6.07 Å². The molecule has 1 N–H and O–H groups in total. The van der Waals surface area contributed by atoms with Gasteiger partial charge in [0.25, 0.3) is 5.69 Å². The van der Waals surface area contributed by atoms with Crippen molar-refractivity contribution >= 4 is 11.4 Å². The van der Waals surface area contributed by atoms with Crippen molar-refractivity contribution in [2.45, 2.75) is 6.42 Å². The standard InChI is InChI=1S/C10H12N2O2/c1-3-4-8-5-6-9(11-2)7-10(8)12(13)14/h3,5-7,11H,1,4H2,2H3. The van der Waals surface area contributed by atoms with Crippen LogP contribution < -0.4 is 5.32 Å². The molecule has 0 bridgehead atoms. The van der Waals surface area contributed by atoms with Crippen LogP contribution in [0.2, 0.25) is 0 Å². The van der Waals surface area contributed by atoms with Gasteiger partial charge in [-0.1, -0.05) is 6.08 Å². The van der Waals surface area contributed by atoms with E-state index < -0.39 is 0 Å². The molecule has 0 unspecified atom stereocenters. The predicted octanol–water partition coefficient (Wildman–Crippen LogP) is 2.37. The number of hydrogen-bond donors (Lipinski definition) is 1. The summed E-state index contributed by atoms with van der Waals surface area (Å²) in [5, 5.41) is 13.6. The number of benzene rings is 1. The molecule has 0 atom stereocenters. The van der Waals surface area contributed by atoms with Gasteiger partial charge in [-0.2, -0.15) is 0 Å². The molecule has 0 aromatic heterocycles. The summed E-state index contributed by atoms with van der Waals surface area (Å²) in [5.74, 6) is 0. The minimum absolute atomic E-state index is 0.136. The zero-order valence-corrected chi connectivity index (χ0v) is 7.99. The molecule has 0 fully saturated rings. The number of allylic oxidation sites excluding steroid dienone is 1. The number of nitrogens with one attached hydrogen (secondary N) is 1. The van der Waals surface area contributed by atoms with Crippen molar-refractivity contribution in [3.63, 3.8) is 0 Å². The average Bonchev–Trinajstić information content (AvgIpc) is 2.18. The van der Waals surface area contributed by atoms with Gasteiger partial charge in [0, 0.05) is 24.4 Å². The number of rotatable bonds is 4. The fraction of sp³-hybridized carbons (Fsp3) is 0.200. The maximum Gasteiger partial charge on any atom is 0.274 e. The lowest BCUT2D eigenvalue weighted by Crippen LogP contribution is -1.96. The van der Waals surface area contributed by atoms with Crippen LogP contribution in [0.15, 0.2) is 30.9 Å². The maximum atomic E-state index is 10.7. The summed E-state index contributed by atoms with van der Waals surface area (Å²) in [6.45, 7) is 3.56. The van der Waals surface area contributed by atoms with Crippen LogP contribution >= 0.6 is 0 Å². The highest BCUT2D eigenvalue weighted by Crippen LogP contribution is 2.23. The third-order valence-corrected chi connectivity index (χ3v) is 1.93. The van der Waals surface area contributed by atoms with Crippen LogP contribution in [-0.2, 0) is 6.42 Å². The van der Waals surface area contributed by atoms with Gasteiger partial charge in [0.2, 0.25) is 0 Å². The van der Waals surface area contributed by atoms with Gasteiger partial charge in [-0.3, -0.25) is 10.1 Å². The van der Waals surface area contributed by atoms with E-state index in [0.717, 1.165) is 5.69 Å². The lowest BCUT2D eigenvalue weighted by Gasteiger charge is -2.03. The van der Waals surface area contributed by atoms with Crippen molar-refractivity contribution in [2.75, 3.05) is 12.4 Å². The lowest BCUT2D eigenvalue weighted by atomic mass is 10.1. The van der Waals surface area contributed by atoms with E-state index in [-0.39, 0.29) is 10.6 Å². The van der Waals surface area contributed by atoms with Crippen LogP contribution in [0.4, 0.5) is 11.4 Å². The first-order valence-corrected chi connectivity index (χ1v) is 4.25. The average molecular weight is 192 g/mol. The molecule has 0 spiro atoms. The molecule has 0 aliphatic heterocycles. The zero-order valence-electron chi connectivity index (χ0n) is 7.99. The second-order valence-electron chi connectivity index (χ2n) is 2.84. The lowest BCUT2D eigenvalue weighted by molar-refractivity contribution is -0.385. The monoisotopic (exact) mass is 192 g/mol. The Morgan fingerprint density at radius 3 is 2.86 bits per heavy atom. The Bertz CT molecular complexity index is 361. The van der Waals surface area contributed by atoms with Gasteiger partial charge < -0.3 is 5.32 Å². The molecule has 14 heavy (non-hydrogen) atoms. The van der Waals surface area contributed by atoms with Gasteiger partial charge in [-0.25, -0.2) is 0 Å². The quantitative estimate of drug-likeness (QED) is 0.452. The summed E-state index contributed by atoms with van der Waals surface area (Å²) < 4.78 is 0. The largest absolute Gasteiger partial charge is 0.388 e. The number of hydrogen-bond acceptors (Lipinski definition) is 3. The Morgan fingerprint density at radius 2 is 2.36 bits per heavy atom. The maximum absolute atomic E-state index is 10.7. The summed E-state index contributed by atoms with van der Waals surface area (Å²) in [4.78, 5) is 10.3. The van der Waals surface area contributed by atoms with Crippen LogP contribution in [0.25, 0.3) is 0 Å². The minimum Gasteiger partial charge on any atom is -0.388 e. The molecule has 0 aliphatic rings. The second-order valence-corrected chi connectivity index (χ2v) is 2.84. The van der Waals surface area contributed by atoms with E-state index in [2.05, 4.69) is 11.9 Å². The van der Waals surface area contributed by atoms with Gasteiger partial charge >= 0.3 is 0 Å². The fourth-order valence-electron chi connectivity index (χ4n) is 1.22. The Hall–Kier alpha value is -1.84. The summed E-state index contributed by atoms with van der Waals surface area (Å²) in [7, 11) is 1.73. The first-order valence-electron chi connectivity index (χ1n) is 4.25.